The van der Waals surface area contributed by atoms with E-state index in [1.54, 1.807) is 6.20 Å². The van der Waals surface area contributed by atoms with Gasteiger partial charge in [0.1, 0.15) is 5.65 Å². The Balaban J connectivity index is 1.58. The molecule has 1 saturated heterocycles. The van der Waals surface area contributed by atoms with Crippen LogP contribution in [-0.4, -0.2) is 53.1 Å². The van der Waals surface area contributed by atoms with Crippen LogP contribution in [0.5, 0.6) is 0 Å². The molecule has 0 unspecified atom stereocenters. The Morgan fingerprint density at radius 3 is 2.64 bits per heavy atom. The van der Waals surface area contributed by atoms with Crippen LogP contribution < -0.4 is 15.8 Å². The third-order valence-corrected chi connectivity index (χ3v) is 6.21. The third kappa shape index (κ3) is 3.62. The van der Waals surface area contributed by atoms with Crippen molar-refractivity contribution in [3.05, 3.63) is 50.3 Å². The lowest BCUT2D eigenvalue weighted by atomic mass is 10.1. The lowest BCUT2D eigenvalue weighted by Crippen LogP contribution is -2.44. The van der Waals surface area contributed by atoms with Crippen molar-refractivity contribution in [2.24, 2.45) is 0 Å². The molecular weight excluding hydrogens is 420 g/mol. The van der Waals surface area contributed by atoms with Gasteiger partial charge < -0.3 is 20.1 Å². The van der Waals surface area contributed by atoms with Crippen LogP contribution in [0.1, 0.15) is 11.1 Å². The SMILES string of the molecule is Cc1cc(Nc2ncc3c(C)c(Br)c(=O)[nH]c3n2)ccc1N1CCN(C)CC1. The van der Waals surface area contributed by atoms with Crippen molar-refractivity contribution < 1.29 is 0 Å². The van der Waals surface area contributed by atoms with E-state index < -0.39 is 0 Å². The first-order chi connectivity index (χ1) is 13.4. The van der Waals surface area contributed by atoms with Gasteiger partial charge in [0.15, 0.2) is 0 Å². The predicted molar refractivity (Wildman–Crippen MR) is 117 cm³/mol. The number of H-pyrrole nitrogens is 1. The molecule has 1 aromatic carbocycles. The zero-order chi connectivity index (χ0) is 19.8. The summed E-state index contributed by atoms with van der Waals surface area (Å²) >= 11 is 3.30. The zero-order valence-electron chi connectivity index (χ0n) is 16.2. The summed E-state index contributed by atoms with van der Waals surface area (Å²) in [5.41, 5.74) is 4.56. The Kier molecular flexibility index (Phi) is 5.07. The first kappa shape index (κ1) is 18.9. The molecule has 0 amide bonds. The minimum atomic E-state index is -0.193. The predicted octanol–water partition coefficient (Wildman–Crippen LogP) is 3.19. The van der Waals surface area contributed by atoms with Crippen LogP contribution >= 0.6 is 15.9 Å². The fourth-order valence-electron chi connectivity index (χ4n) is 3.53. The van der Waals surface area contributed by atoms with Gasteiger partial charge >= 0.3 is 0 Å². The van der Waals surface area contributed by atoms with Crippen LogP contribution in [-0.2, 0) is 0 Å². The van der Waals surface area contributed by atoms with Crippen molar-refractivity contribution in [1.82, 2.24) is 19.9 Å². The summed E-state index contributed by atoms with van der Waals surface area (Å²) in [5, 5.41) is 4.06. The number of aromatic amines is 1. The molecule has 3 aromatic rings. The van der Waals surface area contributed by atoms with Gasteiger partial charge in [0.2, 0.25) is 5.95 Å². The molecular formula is C20H23BrN6O. The smallest absolute Gasteiger partial charge is 0.264 e. The molecule has 0 aliphatic carbocycles. The quantitative estimate of drug-likeness (QED) is 0.648. The Labute approximate surface area is 171 Å². The summed E-state index contributed by atoms with van der Waals surface area (Å²) < 4.78 is 0.513. The first-order valence-corrected chi connectivity index (χ1v) is 10.1. The minimum Gasteiger partial charge on any atom is -0.369 e. The fraction of sp³-hybridized carbons (Fsp3) is 0.350. The molecule has 0 spiro atoms. The number of benzene rings is 1. The molecule has 7 nitrogen and oxygen atoms in total. The van der Waals surface area contributed by atoms with Gasteiger partial charge in [-0.2, -0.15) is 4.98 Å². The Morgan fingerprint density at radius 1 is 1.18 bits per heavy atom. The molecule has 4 rings (SSSR count). The molecule has 28 heavy (non-hydrogen) atoms. The maximum absolute atomic E-state index is 12.0. The molecule has 2 N–H and O–H groups in total. The highest BCUT2D eigenvalue weighted by Gasteiger charge is 2.16. The van der Waals surface area contributed by atoms with Crippen molar-refractivity contribution in [2.45, 2.75) is 13.8 Å². The lowest BCUT2D eigenvalue weighted by molar-refractivity contribution is 0.312. The van der Waals surface area contributed by atoms with Crippen molar-refractivity contribution in [2.75, 3.05) is 43.4 Å². The van der Waals surface area contributed by atoms with Crippen molar-refractivity contribution in [3.8, 4) is 0 Å². The average Bonchev–Trinajstić information content (AvgIpc) is 2.67. The summed E-state index contributed by atoms with van der Waals surface area (Å²) in [6, 6.07) is 6.30. The highest BCUT2D eigenvalue weighted by molar-refractivity contribution is 9.10. The number of pyridine rings is 1. The Hall–Kier alpha value is -2.45. The first-order valence-electron chi connectivity index (χ1n) is 9.28. The second-order valence-corrected chi connectivity index (χ2v) is 8.06. The summed E-state index contributed by atoms with van der Waals surface area (Å²) in [5.74, 6) is 0.455. The van der Waals surface area contributed by atoms with Crippen LogP contribution in [0.15, 0.2) is 33.7 Å². The van der Waals surface area contributed by atoms with E-state index in [0.717, 1.165) is 42.8 Å². The Bertz CT molecular complexity index is 1090. The van der Waals surface area contributed by atoms with E-state index >= 15 is 0 Å². The molecule has 8 heteroatoms. The monoisotopic (exact) mass is 442 g/mol. The number of anilines is 3. The largest absolute Gasteiger partial charge is 0.369 e. The molecule has 0 atom stereocenters. The molecule has 146 valence electrons. The standard InChI is InChI=1S/C20H23BrN6O/c1-12-10-14(4-5-16(12)27-8-6-26(3)7-9-27)23-20-22-11-15-13(2)17(21)19(28)24-18(15)25-20/h4-5,10-11H,6-9H2,1-3H3,(H2,22,23,24,25,28). The van der Waals surface area contributed by atoms with E-state index in [0.29, 0.717) is 16.1 Å². The number of halogens is 1. The van der Waals surface area contributed by atoms with E-state index in [9.17, 15) is 4.79 Å². The van der Waals surface area contributed by atoms with E-state index in [2.05, 4.69) is 72.1 Å². The number of hydrogen-bond acceptors (Lipinski definition) is 6. The minimum absolute atomic E-state index is 0.193. The number of nitrogens with one attached hydrogen (secondary N) is 2. The van der Waals surface area contributed by atoms with E-state index in [-0.39, 0.29) is 5.56 Å². The van der Waals surface area contributed by atoms with Gasteiger partial charge in [0.05, 0.1) is 4.47 Å². The van der Waals surface area contributed by atoms with Gasteiger partial charge in [-0.1, -0.05) is 0 Å². The molecule has 1 fully saturated rings. The summed E-state index contributed by atoms with van der Waals surface area (Å²) in [6.45, 7) is 8.24. The second kappa shape index (κ2) is 7.52. The van der Waals surface area contributed by atoms with E-state index in [1.165, 1.54) is 11.3 Å². The van der Waals surface area contributed by atoms with Gasteiger partial charge in [-0.15, -0.1) is 0 Å². The molecule has 2 aromatic heterocycles. The van der Waals surface area contributed by atoms with Crippen LogP contribution in [0.25, 0.3) is 11.0 Å². The maximum Gasteiger partial charge on any atom is 0.264 e. The average molecular weight is 443 g/mol. The number of nitrogens with zero attached hydrogens (tertiary/aromatic N) is 4. The highest BCUT2D eigenvalue weighted by Crippen LogP contribution is 2.26. The van der Waals surface area contributed by atoms with Gasteiger partial charge in [-0.05, 0) is 66.2 Å². The molecule has 0 radical (unpaired) electrons. The van der Waals surface area contributed by atoms with Gasteiger partial charge in [0, 0.05) is 49.1 Å². The summed E-state index contributed by atoms with van der Waals surface area (Å²) in [4.78, 5) is 28.4. The third-order valence-electron chi connectivity index (χ3n) is 5.25. The van der Waals surface area contributed by atoms with Crippen LogP contribution in [0.2, 0.25) is 0 Å². The molecule has 1 aliphatic rings. The maximum atomic E-state index is 12.0. The summed E-state index contributed by atoms with van der Waals surface area (Å²) in [6.07, 6.45) is 1.73. The Morgan fingerprint density at radius 2 is 1.93 bits per heavy atom. The molecule has 0 bridgehead atoms. The molecule has 3 heterocycles. The number of aryl methyl sites for hydroxylation is 2. The number of likely N-dealkylation sites (N-methyl/N-ethyl adjacent to an activating group) is 1. The van der Waals surface area contributed by atoms with Gasteiger partial charge in [0.25, 0.3) is 5.56 Å². The van der Waals surface area contributed by atoms with E-state index in [1.807, 2.05) is 13.0 Å². The van der Waals surface area contributed by atoms with Crippen LogP contribution in [0.3, 0.4) is 0 Å². The zero-order valence-corrected chi connectivity index (χ0v) is 17.8. The number of fused-ring (bicyclic) bond motifs is 1. The van der Waals surface area contributed by atoms with Crippen molar-refractivity contribution in [1.29, 1.82) is 0 Å². The normalized spacial score (nSPS) is 15.2. The van der Waals surface area contributed by atoms with Crippen molar-refractivity contribution in [3.63, 3.8) is 0 Å². The second-order valence-electron chi connectivity index (χ2n) is 7.27. The fourth-order valence-corrected chi connectivity index (χ4v) is 3.84. The van der Waals surface area contributed by atoms with Crippen LogP contribution in [0.4, 0.5) is 17.3 Å². The molecule has 0 saturated carbocycles. The number of aromatic nitrogens is 3. The number of piperazine rings is 1. The van der Waals surface area contributed by atoms with Gasteiger partial charge in [-0.3, -0.25) is 4.79 Å². The number of hydrogen-bond donors (Lipinski definition) is 2. The summed E-state index contributed by atoms with van der Waals surface area (Å²) in [7, 11) is 2.16. The topological polar surface area (TPSA) is 77.1 Å². The highest BCUT2D eigenvalue weighted by atomic mass is 79.9. The molecule has 1 aliphatic heterocycles. The number of rotatable bonds is 3. The van der Waals surface area contributed by atoms with E-state index in [4.69, 9.17) is 0 Å². The lowest BCUT2D eigenvalue weighted by Gasteiger charge is -2.35. The van der Waals surface area contributed by atoms with Crippen molar-refractivity contribution >= 4 is 44.3 Å². The van der Waals surface area contributed by atoms with Gasteiger partial charge in [-0.25, -0.2) is 4.98 Å². The van der Waals surface area contributed by atoms with Crippen LogP contribution in [0, 0.1) is 13.8 Å².